The summed E-state index contributed by atoms with van der Waals surface area (Å²) in [5, 5.41) is 0.723. The Morgan fingerprint density at radius 3 is 2.55 bits per heavy atom. The second-order valence-corrected chi connectivity index (χ2v) is 6.44. The van der Waals surface area contributed by atoms with Crippen molar-refractivity contribution >= 4 is 17.7 Å². The van der Waals surface area contributed by atoms with Crippen LogP contribution in [0.5, 0.6) is 5.75 Å². The fourth-order valence-electron chi connectivity index (χ4n) is 1.87. The summed E-state index contributed by atoms with van der Waals surface area (Å²) < 4.78 is 11.1. The van der Waals surface area contributed by atoms with E-state index in [9.17, 15) is 4.79 Å². The van der Waals surface area contributed by atoms with Gasteiger partial charge in [-0.2, -0.15) is 0 Å². The number of ether oxygens (including phenoxy) is 2. The topological polar surface area (TPSA) is 38.8 Å². The number of benzene rings is 1. The predicted octanol–water partition coefficient (Wildman–Crippen LogP) is 3.65. The minimum absolute atomic E-state index is 0.0168. The lowest BCUT2D eigenvalue weighted by Gasteiger charge is -2.39. The molecule has 0 aromatic heterocycles. The molecular weight excluding hydrogens is 278 g/mol. The van der Waals surface area contributed by atoms with Crippen LogP contribution in [0.1, 0.15) is 26.3 Å². The second-order valence-electron chi connectivity index (χ2n) is 6.04. The van der Waals surface area contributed by atoms with Crippen molar-refractivity contribution in [3.8, 4) is 5.75 Å². The second kappa shape index (κ2) is 5.52. The van der Waals surface area contributed by atoms with Gasteiger partial charge in [-0.1, -0.05) is 11.6 Å². The van der Waals surface area contributed by atoms with E-state index in [0.717, 1.165) is 16.3 Å². The Kier molecular flexibility index (Phi) is 4.14. The van der Waals surface area contributed by atoms with E-state index in [0.29, 0.717) is 13.1 Å². The summed E-state index contributed by atoms with van der Waals surface area (Å²) in [7, 11) is 0. The highest BCUT2D eigenvalue weighted by atomic mass is 35.5. The molecular formula is C15H20ClNO3. The molecule has 1 aliphatic rings. The lowest BCUT2D eigenvalue weighted by Crippen LogP contribution is -2.57. The number of amides is 1. The minimum atomic E-state index is -0.462. The zero-order valence-corrected chi connectivity index (χ0v) is 13.0. The van der Waals surface area contributed by atoms with Crippen LogP contribution in [0.15, 0.2) is 18.2 Å². The van der Waals surface area contributed by atoms with Gasteiger partial charge in [-0.3, -0.25) is 0 Å². The standard InChI is InChI=1S/C15H20ClNO3/c1-10-7-11(5-6-13(10)16)19-12-8-17(9-12)14(18)20-15(2,3)4/h5-7,12H,8-9H2,1-4H3. The van der Waals surface area contributed by atoms with Crippen LogP contribution in [0.25, 0.3) is 0 Å². The number of nitrogens with zero attached hydrogens (tertiary/aromatic N) is 1. The zero-order valence-electron chi connectivity index (χ0n) is 12.3. The molecule has 1 aliphatic heterocycles. The number of rotatable bonds is 2. The molecule has 20 heavy (non-hydrogen) atoms. The minimum Gasteiger partial charge on any atom is -0.487 e. The van der Waals surface area contributed by atoms with Gasteiger partial charge in [0.25, 0.3) is 0 Å². The monoisotopic (exact) mass is 297 g/mol. The summed E-state index contributed by atoms with van der Waals surface area (Å²) >= 11 is 5.97. The maximum Gasteiger partial charge on any atom is 0.410 e. The van der Waals surface area contributed by atoms with Crippen molar-refractivity contribution in [3.05, 3.63) is 28.8 Å². The van der Waals surface area contributed by atoms with Crippen LogP contribution < -0.4 is 4.74 Å². The van der Waals surface area contributed by atoms with Crippen molar-refractivity contribution in [2.45, 2.75) is 39.4 Å². The molecule has 0 bridgehead atoms. The molecule has 1 aromatic rings. The number of halogens is 1. The van der Waals surface area contributed by atoms with Crippen LogP contribution >= 0.6 is 11.6 Å². The highest BCUT2D eigenvalue weighted by Gasteiger charge is 2.35. The van der Waals surface area contributed by atoms with E-state index < -0.39 is 5.60 Å². The van der Waals surface area contributed by atoms with E-state index in [1.54, 1.807) is 4.90 Å². The van der Waals surface area contributed by atoms with Crippen molar-refractivity contribution in [1.29, 1.82) is 0 Å². The van der Waals surface area contributed by atoms with Crippen LogP contribution in [0.4, 0.5) is 4.79 Å². The fourth-order valence-corrected chi connectivity index (χ4v) is 1.99. The first-order valence-electron chi connectivity index (χ1n) is 6.65. The molecule has 2 rings (SSSR count). The van der Waals surface area contributed by atoms with Gasteiger partial charge in [0.2, 0.25) is 0 Å². The first-order chi connectivity index (χ1) is 9.24. The van der Waals surface area contributed by atoms with Gasteiger partial charge >= 0.3 is 6.09 Å². The Hall–Kier alpha value is -1.42. The third-order valence-electron chi connectivity index (χ3n) is 2.93. The number of likely N-dealkylation sites (tertiary alicyclic amines) is 1. The predicted molar refractivity (Wildman–Crippen MR) is 78.4 cm³/mol. The molecule has 4 nitrogen and oxygen atoms in total. The summed E-state index contributed by atoms with van der Waals surface area (Å²) in [6.07, 6.45) is -0.271. The number of hydrogen-bond acceptors (Lipinski definition) is 3. The first-order valence-corrected chi connectivity index (χ1v) is 7.03. The Morgan fingerprint density at radius 2 is 2.00 bits per heavy atom. The van der Waals surface area contributed by atoms with Gasteiger partial charge in [0.15, 0.2) is 0 Å². The number of hydrogen-bond donors (Lipinski definition) is 0. The molecule has 1 saturated heterocycles. The molecule has 0 unspecified atom stereocenters. The van der Waals surface area contributed by atoms with Crippen molar-refractivity contribution < 1.29 is 14.3 Å². The van der Waals surface area contributed by atoms with E-state index in [2.05, 4.69) is 0 Å². The number of aryl methyl sites for hydroxylation is 1. The third-order valence-corrected chi connectivity index (χ3v) is 3.36. The highest BCUT2D eigenvalue weighted by molar-refractivity contribution is 6.31. The summed E-state index contributed by atoms with van der Waals surface area (Å²) in [5.41, 5.74) is 0.517. The Labute approximate surface area is 124 Å². The van der Waals surface area contributed by atoms with Gasteiger partial charge in [0.1, 0.15) is 17.5 Å². The van der Waals surface area contributed by atoms with Crippen molar-refractivity contribution in [2.75, 3.05) is 13.1 Å². The molecule has 5 heteroatoms. The molecule has 0 aliphatic carbocycles. The molecule has 0 saturated carbocycles. The zero-order chi connectivity index (χ0) is 14.9. The lowest BCUT2D eigenvalue weighted by atomic mass is 10.1. The summed E-state index contributed by atoms with van der Waals surface area (Å²) in [6.45, 7) is 8.61. The van der Waals surface area contributed by atoms with Crippen LogP contribution in [0.2, 0.25) is 5.02 Å². The molecule has 1 amide bonds. The smallest absolute Gasteiger partial charge is 0.410 e. The maximum absolute atomic E-state index is 11.8. The molecule has 0 N–H and O–H groups in total. The lowest BCUT2D eigenvalue weighted by molar-refractivity contribution is -0.0221. The Bertz CT molecular complexity index is 504. The molecule has 0 radical (unpaired) electrons. The van der Waals surface area contributed by atoms with E-state index in [1.165, 1.54) is 0 Å². The molecule has 1 fully saturated rings. The van der Waals surface area contributed by atoms with E-state index in [4.69, 9.17) is 21.1 Å². The SMILES string of the molecule is Cc1cc(OC2CN(C(=O)OC(C)(C)C)C2)ccc1Cl. The van der Waals surface area contributed by atoms with Gasteiger partial charge < -0.3 is 14.4 Å². The first kappa shape index (κ1) is 15.0. The average molecular weight is 298 g/mol. The highest BCUT2D eigenvalue weighted by Crippen LogP contribution is 2.24. The van der Waals surface area contributed by atoms with Crippen LogP contribution in [-0.4, -0.2) is 35.8 Å². The Morgan fingerprint density at radius 1 is 1.35 bits per heavy atom. The molecule has 0 atom stereocenters. The van der Waals surface area contributed by atoms with Gasteiger partial charge in [0, 0.05) is 5.02 Å². The van der Waals surface area contributed by atoms with Crippen molar-refractivity contribution in [2.24, 2.45) is 0 Å². The van der Waals surface area contributed by atoms with Gasteiger partial charge in [-0.15, -0.1) is 0 Å². The van der Waals surface area contributed by atoms with Crippen LogP contribution in [0, 0.1) is 6.92 Å². The average Bonchev–Trinajstić information content (AvgIpc) is 2.25. The van der Waals surface area contributed by atoms with Crippen LogP contribution in [-0.2, 0) is 4.74 Å². The van der Waals surface area contributed by atoms with E-state index >= 15 is 0 Å². The summed E-state index contributed by atoms with van der Waals surface area (Å²) in [4.78, 5) is 13.4. The third kappa shape index (κ3) is 3.79. The normalized spacial score (nSPS) is 15.8. The van der Waals surface area contributed by atoms with Gasteiger partial charge in [-0.25, -0.2) is 4.79 Å². The Balaban J connectivity index is 1.82. The fraction of sp³-hybridized carbons (Fsp3) is 0.533. The summed E-state index contributed by atoms with van der Waals surface area (Å²) in [5.74, 6) is 0.778. The van der Waals surface area contributed by atoms with Crippen molar-refractivity contribution in [1.82, 2.24) is 4.90 Å². The van der Waals surface area contributed by atoms with Crippen LogP contribution in [0.3, 0.4) is 0 Å². The molecule has 0 spiro atoms. The quantitative estimate of drug-likeness (QED) is 0.836. The molecule has 110 valence electrons. The van der Waals surface area contributed by atoms with E-state index in [-0.39, 0.29) is 12.2 Å². The summed E-state index contributed by atoms with van der Waals surface area (Å²) in [6, 6.07) is 5.56. The number of carbonyl (C=O) groups is 1. The van der Waals surface area contributed by atoms with Gasteiger partial charge in [-0.05, 0) is 51.5 Å². The maximum atomic E-state index is 11.8. The molecule has 1 aromatic carbocycles. The van der Waals surface area contributed by atoms with E-state index in [1.807, 2.05) is 45.9 Å². The van der Waals surface area contributed by atoms with Gasteiger partial charge in [0.05, 0.1) is 13.1 Å². The largest absolute Gasteiger partial charge is 0.487 e. The molecule has 1 heterocycles. The number of carbonyl (C=O) groups excluding carboxylic acids is 1. The van der Waals surface area contributed by atoms with Crippen molar-refractivity contribution in [3.63, 3.8) is 0 Å².